The van der Waals surface area contributed by atoms with Crippen LogP contribution in [0.5, 0.6) is 0 Å². The normalized spacial score (nSPS) is 16.8. The van der Waals surface area contributed by atoms with Gasteiger partial charge in [0.15, 0.2) is 0 Å². The molecule has 0 spiro atoms. The highest BCUT2D eigenvalue weighted by molar-refractivity contribution is 9.10. The van der Waals surface area contributed by atoms with Gasteiger partial charge in [0.05, 0.1) is 0 Å². The minimum atomic E-state index is 0.0869. The van der Waals surface area contributed by atoms with Crippen molar-refractivity contribution >= 4 is 48.9 Å². The van der Waals surface area contributed by atoms with Crippen LogP contribution in [-0.2, 0) is 10.8 Å². The highest BCUT2D eigenvalue weighted by Crippen LogP contribution is 2.61. The molecule has 1 aliphatic carbocycles. The number of benzene rings is 4. The van der Waals surface area contributed by atoms with Gasteiger partial charge in [0.2, 0.25) is 0 Å². The van der Waals surface area contributed by atoms with Crippen LogP contribution in [0.1, 0.15) is 63.8 Å². The first kappa shape index (κ1) is 27.2. The molecule has 4 aromatic rings. The highest BCUT2D eigenvalue weighted by Gasteiger charge is 2.56. The zero-order chi connectivity index (χ0) is 27.6. The third kappa shape index (κ3) is 4.18. The molecule has 0 fully saturated rings. The lowest BCUT2D eigenvalue weighted by Gasteiger charge is -2.44. The number of halogens is 2. The summed E-state index contributed by atoms with van der Waals surface area (Å²) < 4.78 is 2.15. The van der Waals surface area contributed by atoms with Gasteiger partial charge in [-0.1, -0.05) is 91.6 Å². The van der Waals surface area contributed by atoms with Gasteiger partial charge < -0.3 is 4.90 Å². The van der Waals surface area contributed by atoms with E-state index in [0.29, 0.717) is 0 Å². The Labute approximate surface area is 245 Å². The lowest BCUT2D eigenvalue weighted by atomic mass is 9.59. The van der Waals surface area contributed by atoms with Crippen molar-refractivity contribution in [2.24, 2.45) is 5.41 Å². The molecule has 196 valence electrons. The summed E-state index contributed by atoms with van der Waals surface area (Å²) >= 11 is 7.19. The predicted octanol–water partition coefficient (Wildman–Crippen LogP) is 11.6. The van der Waals surface area contributed by atoms with Crippen LogP contribution in [-0.4, -0.2) is 0 Å². The number of rotatable bonds is 4. The molecule has 0 atom stereocenters. The fourth-order valence-corrected chi connectivity index (χ4v) is 6.90. The van der Waals surface area contributed by atoms with E-state index in [9.17, 15) is 0 Å². The number of hydrogen-bond donors (Lipinski definition) is 0. The monoisotopic (exact) mass is 629 g/mol. The van der Waals surface area contributed by atoms with Gasteiger partial charge in [-0.05, 0) is 124 Å². The van der Waals surface area contributed by atoms with Crippen molar-refractivity contribution in [3.63, 3.8) is 0 Å². The van der Waals surface area contributed by atoms with Gasteiger partial charge in [0.25, 0.3) is 0 Å². The molecule has 1 aliphatic rings. The van der Waals surface area contributed by atoms with Crippen molar-refractivity contribution in [3.8, 4) is 11.1 Å². The molecular formula is C35H37Br2N. The Bertz CT molecular complexity index is 1440. The molecule has 0 saturated carbocycles. The minimum absolute atomic E-state index is 0.0869. The fraction of sp³-hybridized carbons (Fsp3) is 0.314. The predicted molar refractivity (Wildman–Crippen MR) is 171 cm³/mol. The van der Waals surface area contributed by atoms with Gasteiger partial charge in [0.1, 0.15) is 0 Å². The van der Waals surface area contributed by atoms with E-state index in [-0.39, 0.29) is 16.2 Å². The van der Waals surface area contributed by atoms with Crippen LogP contribution < -0.4 is 4.90 Å². The van der Waals surface area contributed by atoms with Gasteiger partial charge in [-0.25, -0.2) is 0 Å². The number of hydrogen-bond acceptors (Lipinski definition) is 1. The zero-order valence-electron chi connectivity index (χ0n) is 23.7. The molecule has 38 heavy (non-hydrogen) atoms. The third-order valence-electron chi connectivity index (χ3n) is 9.73. The molecule has 0 amide bonds. The molecule has 0 saturated heterocycles. The second kappa shape index (κ2) is 9.38. The molecule has 0 radical (unpaired) electrons. The first-order chi connectivity index (χ1) is 17.8. The molecule has 1 nitrogen and oxygen atoms in total. The average Bonchev–Trinajstić information content (AvgIpc) is 2.95. The van der Waals surface area contributed by atoms with Gasteiger partial charge >= 0.3 is 0 Å². The van der Waals surface area contributed by atoms with E-state index in [1.807, 2.05) is 0 Å². The van der Waals surface area contributed by atoms with E-state index in [1.165, 1.54) is 33.4 Å². The van der Waals surface area contributed by atoms with Crippen molar-refractivity contribution in [2.75, 3.05) is 4.90 Å². The zero-order valence-corrected chi connectivity index (χ0v) is 26.9. The Hall–Kier alpha value is -2.36. The van der Waals surface area contributed by atoms with Crippen molar-refractivity contribution in [2.45, 2.75) is 66.2 Å². The summed E-state index contributed by atoms with van der Waals surface area (Å²) in [4.78, 5) is 2.33. The van der Waals surface area contributed by atoms with Crippen LogP contribution in [0.25, 0.3) is 11.1 Å². The van der Waals surface area contributed by atoms with E-state index < -0.39 is 0 Å². The quantitative estimate of drug-likeness (QED) is 0.217. The minimum Gasteiger partial charge on any atom is -0.310 e. The summed E-state index contributed by atoms with van der Waals surface area (Å²) in [5.74, 6) is 0. The van der Waals surface area contributed by atoms with Crippen molar-refractivity contribution in [1.29, 1.82) is 0 Å². The highest BCUT2D eigenvalue weighted by atomic mass is 79.9. The average molecular weight is 631 g/mol. The van der Waals surface area contributed by atoms with Gasteiger partial charge in [-0.15, -0.1) is 0 Å². The Morgan fingerprint density at radius 2 is 0.974 bits per heavy atom. The van der Waals surface area contributed by atoms with Gasteiger partial charge in [0, 0.05) is 26.0 Å². The Morgan fingerprint density at radius 3 is 1.45 bits per heavy atom. The first-order valence-corrected chi connectivity index (χ1v) is 14.9. The molecule has 0 N–H and O–H groups in total. The van der Waals surface area contributed by atoms with Gasteiger partial charge in [-0.2, -0.15) is 0 Å². The number of anilines is 3. The molecule has 4 aromatic carbocycles. The van der Waals surface area contributed by atoms with Crippen molar-refractivity contribution in [3.05, 3.63) is 110 Å². The maximum atomic E-state index is 3.59. The second-order valence-corrected chi connectivity index (χ2v) is 14.2. The number of fused-ring (bicyclic) bond motifs is 1. The molecule has 3 heteroatoms. The molecule has 0 bridgehead atoms. The third-order valence-corrected chi connectivity index (χ3v) is 10.8. The largest absolute Gasteiger partial charge is 0.310 e. The van der Waals surface area contributed by atoms with E-state index in [0.717, 1.165) is 26.0 Å². The van der Waals surface area contributed by atoms with Gasteiger partial charge in [-0.3, -0.25) is 0 Å². The van der Waals surface area contributed by atoms with Crippen molar-refractivity contribution < 1.29 is 0 Å². The SMILES string of the molecule is Cc1cc(N(c2ccc(Br)cc2)c2ccc(Br)cc2)cc(C)c1-c1ccc2c(c1)C(C)(C)C(C)(C)C2(C)C. The smallest absolute Gasteiger partial charge is 0.0467 e. The molecule has 0 aliphatic heterocycles. The van der Waals surface area contributed by atoms with E-state index in [4.69, 9.17) is 0 Å². The van der Waals surface area contributed by atoms with Crippen LogP contribution in [0.2, 0.25) is 0 Å². The van der Waals surface area contributed by atoms with Crippen LogP contribution in [0.3, 0.4) is 0 Å². The van der Waals surface area contributed by atoms with E-state index >= 15 is 0 Å². The first-order valence-electron chi connectivity index (χ1n) is 13.3. The number of nitrogens with zero attached hydrogens (tertiary/aromatic N) is 1. The number of aryl methyl sites for hydroxylation is 2. The standard InChI is InChI=1S/C35H37Br2N/c1-22-19-29(38(27-14-10-25(36)11-15-27)28-16-12-26(37)13-17-28)20-23(2)32(22)24-9-18-30-31(21-24)34(5,6)35(7,8)33(30,3)4/h9-21H,1-8H3. The maximum absolute atomic E-state index is 3.59. The summed E-state index contributed by atoms with van der Waals surface area (Å²) in [6.45, 7) is 19.0. The summed E-state index contributed by atoms with van der Waals surface area (Å²) in [7, 11) is 0. The summed E-state index contributed by atoms with van der Waals surface area (Å²) in [6, 6.07) is 28.9. The molecule has 0 aromatic heterocycles. The molecule has 5 rings (SSSR count). The van der Waals surface area contributed by atoms with Crippen molar-refractivity contribution in [1.82, 2.24) is 0 Å². The maximum Gasteiger partial charge on any atom is 0.0467 e. The van der Waals surface area contributed by atoms with E-state index in [2.05, 4.69) is 171 Å². The van der Waals surface area contributed by atoms with E-state index in [1.54, 1.807) is 0 Å². The summed E-state index contributed by atoms with van der Waals surface area (Å²) in [5, 5.41) is 0. The lowest BCUT2D eigenvalue weighted by molar-refractivity contribution is 0.125. The molecular weight excluding hydrogens is 594 g/mol. The van der Waals surface area contributed by atoms with Crippen LogP contribution in [0.15, 0.2) is 87.8 Å². The van der Waals surface area contributed by atoms with Crippen LogP contribution in [0.4, 0.5) is 17.1 Å². The Morgan fingerprint density at radius 1 is 0.526 bits per heavy atom. The fourth-order valence-electron chi connectivity index (χ4n) is 6.37. The summed E-state index contributed by atoms with van der Waals surface area (Å²) in [6.07, 6.45) is 0. The summed E-state index contributed by atoms with van der Waals surface area (Å²) in [5.41, 5.74) is 12.0. The molecule has 0 heterocycles. The second-order valence-electron chi connectivity index (χ2n) is 12.4. The lowest BCUT2D eigenvalue weighted by Crippen LogP contribution is -2.42. The Balaban J connectivity index is 1.64. The van der Waals surface area contributed by atoms with Crippen LogP contribution >= 0.6 is 31.9 Å². The molecule has 0 unspecified atom stereocenters. The van der Waals surface area contributed by atoms with Crippen LogP contribution in [0, 0.1) is 19.3 Å². The Kier molecular flexibility index (Phi) is 6.72. The topological polar surface area (TPSA) is 3.24 Å².